The Hall–Kier alpha value is 1.58. The van der Waals surface area contributed by atoms with Gasteiger partial charge in [-0.05, 0) is 0 Å². The van der Waals surface area contributed by atoms with Gasteiger partial charge in [0.2, 0.25) is 0 Å². The molecule has 0 aromatic heterocycles. The van der Waals surface area contributed by atoms with Gasteiger partial charge in [-0.1, -0.05) is 0 Å². The molecule has 0 fully saturated rings. The van der Waals surface area contributed by atoms with Crippen LogP contribution in [0.4, 0.5) is 4.79 Å². The Labute approximate surface area is 133 Å². The molecule has 0 heterocycles. The van der Waals surface area contributed by atoms with E-state index in [0.717, 1.165) is 0 Å². The van der Waals surface area contributed by atoms with Gasteiger partial charge in [0.15, 0.2) is 0 Å². The molecule has 0 spiro atoms. The molecule has 0 amide bonds. The molecule has 0 bridgehead atoms. The first kappa shape index (κ1) is 36.5. The van der Waals surface area contributed by atoms with Crippen LogP contribution < -0.4 is 0 Å². The van der Waals surface area contributed by atoms with Crippen LogP contribution in [0.1, 0.15) is 0 Å². The summed E-state index contributed by atoms with van der Waals surface area (Å²) < 4.78 is 31.6. The molecule has 0 saturated carbocycles. The van der Waals surface area contributed by atoms with E-state index < -0.39 is 16.6 Å². The second-order valence-corrected chi connectivity index (χ2v) is 1.63. The van der Waals surface area contributed by atoms with Crippen molar-refractivity contribution in [3.63, 3.8) is 0 Å². The first-order chi connectivity index (χ1) is 3.73. The van der Waals surface area contributed by atoms with Crippen LogP contribution in [-0.4, -0.2) is 120 Å². The molecule has 0 saturated heterocycles. The Balaban J connectivity index is -0.0000000146. The van der Waals surface area contributed by atoms with Crippen LogP contribution >= 0.6 is 0 Å². The Morgan fingerprint density at radius 2 is 0.923 bits per heavy atom. The van der Waals surface area contributed by atoms with Gasteiger partial charge in [0.25, 0.3) is 0 Å². The van der Waals surface area contributed by atoms with Crippen LogP contribution in [0.3, 0.4) is 0 Å². The van der Waals surface area contributed by atoms with Gasteiger partial charge in [0.05, 0.1) is 0 Å². The maximum atomic E-state index is 8.74. The van der Waals surface area contributed by atoms with Crippen molar-refractivity contribution in [2.75, 3.05) is 0 Å². The molecule has 12 heteroatoms. The Bertz CT molecular complexity index is 160. The van der Waals surface area contributed by atoms with Gasteiger partial charge in [-0.2, -0.15) is 8.42 Å². The summed E-state index contributed by atoms with van der Waals surface area (Å²) in [7, 11) is -4.67. The number of carboxylic acid groups (broad SMARTS) is 2. The van der Waals surface area contributed by atoms with E-state index in [9.17, 15) is 0 Å². The molecule has 0 atom stereocenters. The third kappa shape index (κ3) is 730. The minimum absolute atomic E-state index is 0. The maximum absolute atomic E-state index is 8.74. The molecule has 0 aromatic rings. The van der Waals surface area contributed by atoms with Crippen molar-refractivity contribution < 1.29 is 43.5 Å². The molecule has 80 valence electrons. The monoisotopic (exact) mass is 280 g/mol. The second-order valence-electron chi connectivity index (χ2n) is 0.730. The SMILES string of the molecule is O.O.O=C(O)O.O=S(=O)(O)O.[CaH2].[CaH2]. The summed E-state index contributed by atoms with van der Waals surface area (Å²) in [5.41, 5.74) is 0. The van der Waals surface area contributed by atoms with Gasteiger partial charge in [0.1, 0.15) is 0 Å². The summed E-state index contributed by atoms with van der Waals surface area (Å²) in [4.78, 5) is 8.56. The van der Waals surface area contributed by atoms with Crippen LogP contribution in [0.2, 0.25) is 0 Å². The van der Waals surface area contributed by atoms with Gasteiger partial charge in [-0.15, -0.1) is 0 Å². The van der Waals surface area contributed by atoms with Crippen molar-refractivity contribution in [1.29, 1.82) is 0 Å². The van der Waals surface area contributed by atoms with E-state index in [1.165, 1.54) is 0 Å². The molecule has 0 aliphatic heterocycles. The summed E-state index contributed by atoms with van der Waals surface area (Å²) in [6.07, 6.45) is -1.83. The number of hydrogen-bond donors (Lipinski definition) is 4. The molecule has 9 nitrogen and oxygen atoms in total. The summed E-state index contributed by atoms with van der Waals surface area (Å²) in [5, 5.41) is 13.9. The Morgan fingerprint density at radius 3 is 0.923 bits per heavy atom. The fraction of sp³-hybridized carbons (Fsp3) is 0. The van der Waals surface area contributed by atoms with E-state index in [0.29, 0.717) is 0 Å². The van der Waals surface area contributed by atoms with Gasteiger partial charge in [-0.3, -0.25) is 9.11 Å². The molecule has 0 unspecified atom stereocenters. The van der Waals surface area contributed by atoms with E-state index in [2.05, 4.69) is 0 Å². The van der Waals surface area contributed by atoms with E-state index >= 15 is 0 Å². The van der Waals surface area contributed by atoms with Crippen LogP contribution in [0, 0.1) is 0 Å². The third-order valence-corrected chi connectivity index (χ3v) is 0. The second kappa shape index (κ2) is 19.2. The van der Waals surface area contributed by atoms with Crippen LogP contribution in [0.25, 0.3) is 0 Å². The Kier molecular flexibility index (Phi) is 53.9. The Morgan fingerprint density at radius 1 is 0.923 bits per heavy atom. The first-order valence-corrected chi connectivity index (χ1v) is 2.75. The number of rotatable bonds is 0. The average Bonchev–Trinajstić information content (AvgIpc) is 1.19. The minimum atomic E-state index is -4.67. The normalized spacial score (nSPS) is 6.31. The quantitative estimate of drug-likeness (QED) is 0.257. The summed E-state index contributed by atoms with van der Waals surface area (Å²) in [5.74, 6) is 0. The van der Waals surface area contributed by atoms with Crippen molar-refractivity contribution in [3.05, 3.63) is 0 Å². The zero-order valence-corrected chi connectivity index (χ0v) is 5.74. The van der Waals surface area contributed by atoms with E-state index in [1.807, 2.05) is 0 Å². The number of carbonyl (C=O) groups is 1. The fourth-order valence-electron chi connectivity index (χ4n) is 0. The fourth-order valence-corrected chi connectivity index (χ4v) is 0. The predicted octanol–water partition coefficient (Wildman–Crippen LogP) is -3.91. The van der Waals surface area contributed by atoms with Crippen LogP contribution in [0.5, 0.6) is 0 Å². The van der Waals surface area contributed by atoms with E-state index in [4.69, 9.17) is 32.5 Å². The molecule has 0 aliphatic rings. The summed E-state index contributed by atoms with van der Waals surface area (Å²) >= 11 is 0. The predicted molar refractivity (Wildman–Crippen MR) is 49.1 cm³/mol. The molecule has 13 heavy (non-hydrogen) atoms. The zero-order chi connectivity index (χ0) is 8.08. The molecule has 0 aromatic carbocycles. The number of hydrogen-bond acceptors (Lipinski definition) is 3. The van der Waals surface area contributed by atoms with Crippen molar-refractivity contribution in [2.24, 2.45) is 0 Å². The molecular weight excluding hydrogens is 268 g/mol. The third-order valence-electron chi connectivity index (χ3n) is 0. The van der Waals surface area contributed by atoms with E-state index in [-0.39, 0.29) is 86.4 Å². The standard InChI is InChI=1S/CH2O3.2Ca.H2O4S.2H2O.4H/c2-1(3)4;;;1-5(2,3)4;;;;;;/h(H2,2,3,4);;;(H2,1,2,3,4);2*1H2;;;;. The average molecular weight is 280 g/mol. The topological polar surface area (TPSA) is 195 Å². The first-order valence-electron chi connectivity index (χ1n) is 1.35. The van der Waals surface area contributed by atoms with Gasteiger partial charge in [-0.25, -0.2) is 4.79 Å². The zero-order valence-electron chi connectivity index (χ0n) is 4.92. The van der Waals surface area contributed by atoms with Gasteiger partial charge < -0.3 is 21.2 Å². The van der Waals surface area contributed by atoms with Gasteiger partial charge >= 0.3 is 92.0 Å². The molecular formula is CH12Ca2O9S. The van der Waals surface area contributed by atoms with Crippen molar-refractivity contribution >= 4 is 92.0 Å². The molecule has 0 rings (SSSR count). The molecule has 0 radical (unpaired) electrons. The van der Waals surface area contributed by atoms with Crippen molar-refractivity contribution in [2.45, 2.75) is 0 Å². The molecule has 0 aliphatic carbocycles. The van der Waals surface area contributed by atoms with Crippen molar-refractivity contribution in [3.8, 4) is 0 Å². The molecule has 8 N–H and O–H groups in total. The van der Waals surface area contributed by atoms with Crippen LogP contribution in [-0.2, 0) is 10.4 Å². The summed E-state index contributed by atoms with van der Waals surface area (Å²) in [6.45, 7) is 0. The van der Waals surface area contributed by atoms with Crippen LogP contribution in [0.15, 0.2) is 0 Å². The van der Waals surface area contributed by atoms with Crippen molar-refractivity contribution in [1.82, 2.24) is 0 Å². The van der Waals surface area contributed by atoms with E-state index in [1.54, 1.807) is 0 Å². The summed E-state index contributed by atoms with van der Waals surface area (Å²) in [6, 6.07) is 0. The van der Waals surface area contributed by atoms with Gasteiger partial charge in [0, 0.05) is 0 Å².